The molecule has 2 nitrogen and oxygen atoms in total. The minimum atomic E-state index is 0.0197. The van der Waals surface area contributed by atoms with E-state index in [9.17, 15) is 4.79 Å². The summed E-state index contributed by atoms with van der Waals surface area (Å²) in [5.41, 5.74) is 0. The fourth-order valence-electron chi connectivity index (χ4n) is 5.42. The molecule has 0 N–H and O–H groups in total. The van der Waals surface area contributed by atoms with Gasteiger partial charge in [0, 0.05) is 0 Å². The number of carbonyl (C=O) groups excluding carboxylic acids is 1. The van der Waals surface area contributed by atoms with Crippen molar-refractivity contribution in [2.45, 2.75) is 213 Å². The van der Waals surface area contributed by atoms with Gasteiger partial charge in [-0.05, 0) is 0 Å². The van der Waals surface area contributed by atoms with Crippen LogP contribution in [0.3, 0.4) is 0 Å². The first-order valence-electron chi connectivity index (χ1n) is 17.6. The van der Waals surface area contributed by atoms with Gasteiger partial charge in [0.2, 0.25) is 0 Å². The third kappa shape index (κ3) is 32.2. The molecule has 0 unspecified atom stereocenters. The monoisotopic (exact) mass is 584 g/mol. The van der Waals surface area contributed by atoms with Crippen LogP contribution in [0, 0.1) is 0 Å². The van der Waals surface area contributed by atoms with Crippen molar-refractivity contribution in [1.82, 2.24) is 0 Å². The van der Waals surface area contributed by atoms with E-state index in [2.05, 4.69) is 13.8 Å². The molecule has 0 saturated heterocycles. The van der Waals surface area contributed by atoms with Crippen LogP contribution in [0.2, 0.25) is 0 Å². The SMILES string of the molecule is CCCCCCCCCCCCCCCCCC(=O)O[C](=[Zn])CCCCCCCCCCCCCCCC. The maximum absolute atomic E-state index is 12.1. The molecule has 0 rings (SSSR count). The molecule has 0 aromatic heterocycles. The van der Waals surface area contributed by atoms with Gasteiger partial charge in [0.1, 0.15) is 0 Å². The Morgan fingerprint density at radius 2 is 0.632 bits per heavy atom. The van der Waals surface area contributed by atoms with E-state index >= 15 is 0 Å². The van der Waals surface area contributed by atoms with Crippen molar-refractivity contribution < 1.29 is 27.4 Å². The van der Waals surface area contributed by atoms with Gasteiger partial charge in [0.15, 0.2) is 0 Å². The van der Waals surface area contributed by atoms with E-state index in [4.69, 9.17) is 4.74 Å². The second kappa shape index (κ2) is 33.2. The van der Waals surface area contributed by atoms with Crippen LogP contribution in [0.4, 0.5) is 0 Å². The Morgan fingerprint density at radius 3 is 0.921 bits per heavy atom. The third-order valence-electron chi connectivity index (χ3n) is 8.05. The topological polar surface area (TPSA) is 26.3 Å². The van der Waals surface area contributed by atoms with Crippen molar-refractivity contribution in [3.63, 3.8) is 0 Å². The number of esters is 1. The normalized spacial score (nSPS) is 11.3. The molecule has 0 aliphatic rings. The smallest absolute Gasteiger partial charge is 0.0654 e. The van der Waals surface area contributed by atoms with Gasteiger partial charge >= 0.3 is 166 Å². The summed E-state index contributed by atoms with van der Waals surface area (Å²) in [5, 5.41) is 0. The molecule has 0 aliphatic carbocycles. The minimum absolute atomic E-state index is 0.0197. The quantitative estimate of drug-likeness (QED) is 0.0445. The first-order valence-corrected chi connectivity index (χ1v) is 19.1. The van der Waals surface area contributed by atoms with Crippen LogP contribution in [0.15, 0.2) is 0 Å². The van der Waals surface area contributed by atoms with E-state index in [0.29, 0.717) is 6.42 Å². The molecular weight excluding hydrogens is 518 g/mol. The first kappa shape index (κ1) is 38.0. The van der Waals surface area contributed by atoms with Gasteiger partial charge in [-0.25, -0.2) is 0 Å². The van der Waals surface area contributed by atoms with E-state index in [1.807, 2.05) is 0 Å². The number of rotatable bonds is 32. The van der Waals surface area contributed by atoms with Crippen LogP contribution in [-0.4, -0.2) is 10.3 Å². The van der Waals surface area contributed by atoms with Crippen LogP contribution in [0.5, 0.6) is 0 Å². The Balaban J connectivity index is 3.28. The Bertz CT molecular complexity index is 490. The average molecular weight is 586 g/mol. The molecule has 38 heavy (non-hydrogen) atoms. The van der Waals surface area contributed by atoms with E-state index in [1.165, 1.54) is 180 Å². The summed E-state index contributed by atoms with van der Waals surface area (Å²) in [5.74, 6) is 0.0197. The molecule has 0 amide bonds. The van der Waals surface area contributed by atoms with Crippen molar-refractivity contribution >= 4 is 10.3 Å². The van der Waals surface area contributed by atoms with Crippen molar-refractivity contribution in [2.24, 2.45) is 0 Å². The molecule has 0 saturated carbocycles. The summed E-state index contributed by atoms with van der Waals surface area (Å²) in [6, 6.07) is 0. The zero-order valence-corrected chi connectivity index (χ0v) is 29.4. The second-order valence-electron chi connectivity index (χ2n) is 12.1. The zero-order valence-electron chi connectivity index (χ0n) is 26.4. The van der Waals surface area contributed by atoms with Gasteiger partial charge in [-0.15, -0.1) is 0 Å². The first-order chi connectivity index (χ1) is 18.7. The molecule has 3 heteroatoms. The molecule has 0 aliphatic heterocycles. The summed E-state index contributed by atoms with van der Waals surface area (Å²) >= 11 is 1.00. The Labute approximate surface area is 249 Å². The number of carbonyl (C=O) groups is 1. The van der Waals surface area contributed by atoms with Crippen LogP contribution in [0.25, 0.3) is 0 Å². The fraction of sp³-hybridized carbons (Fsp3) is 0.943. The van der Waals surface area contributed by atoms with E-state index in [0.717, 1.165) is 35.0 Å². The summed E-state index contributed by atoms with van der Waals surface area (Å²) in [6.07, 6.45) is 41.5. The van der Waals surface area contributed by atoms with Crippen molar-refractivity contribution in [3.05, 3.63) is 0 Å². The van der Waals surface area contributed by atoms with Gasteiger partial charge in [-0.3, -0.25) is 0 Å². The molecule has 0 aromatic rings. The van der Waals surface area contributed by atoms with Crippen molar-refractivity contribution in [3.8, 4) is 0 Å². The maximum atomic E-state index is 12.1. The van der Waals surface area contributed by atoms with E-state index in [-0.39, 0.29) is 5.97 Å². The number of ether oxygens (including phenoxy) is 1. The predicted molar refractivity (Wildman–Crippen MR) is 166 cm³/mol. The van der Waals surface area contributed by atoms with Crippen LogP contribution < -0.4 is 0 Å². The third-order valence-corrected chi connectivity index (χ3v) is 9.10. The Hall–Kier alpha value is -0.0366. The van der Waals surface area contributed by atoms with E-state index < -0.39 is 0 Å². The summed E-state index contributed by atoms with van der Waals surface area (Å²) < 4.78 is 6.67. The number of hydrogen-bond acceptors (Lipinski definition) is 2. The standard InChI is InChI=1S/C35H68O2.Zn/c1-3-5-7-9-11-13-15-17-19-21-23-25-27-29-31-33-35(36)37-34-32-30-28-26-24-22-20-18-16-14-12-10-8-6-4-2;/h3-33H2,1-2H3;. The molecular formula is C35H68O2Zn. The van der Waals surface area contributed by atoms with Crippen LogP contribution in [0.1, 0.15) is 213 Å². The number of unbranched alkanes of at least 4 members (excludes halogenated alkanes) is 27. The molecule has 0 radical (unpaired) electrons. The van der Waals surface area contributed by atoms with Crippen molar-refractivity contribution in [2.75, 3.05) is 0 Å². The number of hydrogen-bond donors (Lipinski definition) is 0. The van der Waals surface area contributed by atoms with Crippen LogP contribution in [-0.2, 0) is 27.4 Å². The molecule has 0 heterocycles. The molecule has 0 fully saturated rings. The van der Waals surface area contributed by atoms with Crippen molar-refractivity contribution in [1.29, 1.82) is 0 Å². The van der Waals surface area contributed by atoms with Gasteiger partial charge < -0.3 is 0 Å². The van der Waals surface area contributed by atoms with Crippen LogP contribution >= 0.6 is 0 Å². The molecule has 0 aromatic carbocycles. The fourth-order valence-corrected chi connectivity index (χ4v) is 6.28. The van der Waals surface area contributed by atoms with E-state index in [1.54, 1.807) is 0 Å². The predicted octanol–water partition coefficient (Wildman–Crippen LogP) is 12.3. The summed E-state index contributed by atoms with van der Waals surface area (Å²) in [6.45, 7) is 4.58. The minimum Gasteiger partial charge on any atom is -0.0654 e. The Kier molecular flexibility index (Phi) is 33.1. The van der Waals surface area contributed by atoms with Gasteiger partial charge in [0.25, 0.3) is 0 Å². The van der Waals surface area contributed by atoms with Gasteiger partial charge in [-0.1, -0.05) is 84.5 Å². The molecule has 0 atom stereocenters. The molecule has 222 valence electrons. The zero-order chi connectivity index (χ0) is 27.8. The van der Waals surface area contributed by atoms with Gasteiger partial charge in [-0.2, -0.15) is 0 Å². The Morgan fingerprint density at radius 1 is 0.395 bits per heavy atom. The summed E-state index contributed by atoms with van der Waals surface area (Å²) in [7, 11) is 0. The molecule has 0 spiro atoms. The summed E-state index contributed by atoms with van der Waals surface area (Å²) in [4.78, 5) is 12.1. The van der Waals surface area contributed by atoms with Gasteiger partial charge in [0.05, 0.1) is 0 Å². The average Bonchev–Trinajstić information content (AvgIpc) is 2.91. The molecule has 0 bridgehead atoms. The second-order valence-corrected chi connectivity index (χ2v) is 13.7.